The van der Waals surface area contributed by atoms with Gasteiger partial charge in [-0.2, -0.15) is 0 Å². The minimum atomic E-state index is -0.212. The minimum Gasteiger partial charge on any atom is -0.370 e. The van der Waals surface area contributed by atoms with Crippen LogP contribution in [0.2, 0.25) is 0 Å². The zero-order chi connectivity index (χ0) is 14.7. The summed E-state index contributed by atoms with van der Waals surface area (Å²) in [5.74, 6) is -0.212. The Labute approximate surface area is 119 Å². The molecule has 20 heavy (non-hydrogen) atoms. The third-order valence-electron chi connectivity index (χ3n) is 3.35. The second kappa shape index (κ2) is 6.01. The van der Waals surface area contributed by atoms with Crippen molar-refractivity contribution in [1.82, 2.24) is 4.98 Å². The number of nitrogens with zero attached hydrogens (tertiary/aromatic N) is 2. The Hall–Kier alpha value is -1.94. The SMILES string of the molecule is Cc1cc(N(C)Cc2cccnc2)c(C(C)N)cc1F. The Morgan fingerprint density at radius 2 is 2.15 bits per heavy atom. The van der Waals surface area contributed by atoms with Crippen molar-refractivity contribution in [3.05, 3.63) is 59.2 Å². The van der Waals surface area contributed by atoms with E-state index in [0.29, 0.717) is 12.1 Å². The van der Waals surface area contributed by atoms with Crippen molar-refractivity contribution in [1.29, 1.82) is 0 Å². The highest BCUT2D eigenvalue weighted by atomic mass is 19.1. The molecule has 0 spiro atoms. The average Bonchev–Trinajstić information content (AvgIpc) is 2.42. The number of rotatable bonds is 4. The molecule has 0 amide bonds. The van der Waals surface area contributed by atoms with Gasteiger partial charge < -0.3 is 10.6 Å². The third kappa shape index (κ3) is 3.14. The first-order valence-electron chi connectivity index (χ1n) is 6.64. The zero-order valence-electron chi connectivity index (χ0n) is 12.1. The molecular weight excluding hydrogens is 253 g/mol. The summed E-state index contributed by atoms with van der Waals surface area (Å²) < 4.78 is 13.7. The van der Waals surface area contributed by atoms with Crippen molar-refractivity contribution in [3.8, 4) is 0 Å². The second-order valence-electron chi connectivity index (χ2n) is 5.17. The number of halogens is 1. The van der Waals surface area contributed by atoms with Crippen molar-refractivity contribution in [3.63, 3.8) is 0 Å². The number of benzene rings is 1. The van der Waals surface area contributed by atoms with Gasteiger partial charge >= 0.3 is 0 Å². The van der Waals surface area contributed by atoms with Gasteiger partial charge in [0.05, 0.1) is 0 Å². The van der Waals surface area contributed by atoms with Crippen molar-refractivity contribution in [2.75, 3.05) is 11.9 Å². The molecule has 1 atom stereocenters. The summed E-state index contributed by atoms with van der Waals surface area (Å²) in [6.45, 7) is 4.34. The second-order valence-corrected chi connectivity index (χ2v) is 5.17. The predicted molar refractivity (Wildman–Crippen MR) is 80.1 cm³/mol. The van der Waals surface area contributed by atoms with Gasteiger partial charge in [-0.15, -0.1) is 0 Å². The molecule has 0 fully saturated rings. The normalized spacial score (nSPS) is 12.2. The van der Waals surface area contributed by atoms with Crippen molar-refractivity contribution in [2.45, 2.75) is 26.4 Å². The quantitative estimate of drug-likeness (QED) is 0.930. The maximum absolute atomic E-state index is 13.7. The van der Waals surface area contributed by atoms with Crippen LogP contribution in [0.25, 0.3) is 0 Å². The van der Waals surface area contributed by atoms with E-state index in [2.05, 4.69) is 9.88 Å². The Morgan fingerprint density at radius 1 is 1.40 bits per heavy atom. The lowest BCUT2D eigenvalue weighted by atomic mass is 10.0. The van der Waals surface area contributed by atoms with E-state index in [1.165, 1.54) is 6.07 Å². The molecule has 1 unspecified atom stereocenters. The van der Waals surface area contributed by atoms with Gasteiger partial charge in [-0.25, -0.2) is 4.39 Å². The zero-order valence-corrected chi connectivity index (χ0v) is 12.1. The van der Waals surface area contributed by atoms with Crippen LogP contribution >= 0.6 is 0 Å². The van der Waals surface area contributed by atoms with Crippen molar-refractivity contribution in [2.24, 2.45) is 5.73 Å². The van der Waals surface area contributed by atoms with Crippen LogP contribution in [0, 0.1) is 12.7 Å². The number of nitrogens with two attached hydrogens (primary N) is 1. The lowest BCUT2D eigenvalue weighted by Crippen LogP contribution is -2.21. The lowest BCUT2D eigenvalue weighted by Gasteiger charge is -2.25. The largest absolute Gasteiger partial charge is 0.370 e. The molecule has 0 aliphatic rings. The predicted octanol–water partition coefficient (Wildman–Crippen LogP) is 3.19. The van der Waals surface area contributed by atoms with E-state index in [0.717, 1.165) is 16.8 Å². The lowest BCUT2D eigenvalue weighted by molar-refractivity contribution is 0.612. The number of anilines is 1. The van der Waals surface area contributed by atoms with Gasteiger partial charge in [0.15, 0.2) is 0 Å². The molecule has 0 aliphatic heterocycles. The molecular formula is C16H20FN3. The smallest absolute Gasteiger partial charge is 0.126 e. The molecule has 106 valence electrons. The van der Waals surface area contributed by atoms with Gasteiger partial charge in [0.25, 0.3) is 0 Å². The summed E-state index contributed by atoms with van der Waals surface area (Å²) in [5.41, 5.74) is 9.47. The molecule has 0 bridgehead atoms. The molecule has 4 heteroatoms. The molecule has 0 aliphatic carbocycles. The summed E-state index contributed by atoms with van der Waals surface area (Å²) in [7, 11) is 1.98. The summed E-state index contributed by atoms with van der Waals surface area (Å²) in [6, 6.07) is 7.10. The first-order chi connectivity index (χ1) is 9.49. The maximum atomic E-state index is 13.7. The van der Waals surface area contributed by atoms with Crippen LogP contribution in [0.4, 0.5) is 10.1 Å². The maximum Gasteiger partial charge on any atom is 0.126 e. The highest BCUT2D eigenvalue weighted by Gasteiger charge is 2.14. The number of hydrogen-bond donors (Lipinski definition) is 1. The van der Waals surface area contributed by atoms with E-state index in [-0.39, 0.29) is 11.9 Å². The van der Waals surface area contributed by atoms with Gasteiger partial charge in [-0.1, -0.05) is 6.07 Å². The highest BCUT2D eigenvalue weighted by molar-refractivity contribution is 5.56. The number of aryl methyl sites for hydroxylation is 1. The molecule has 1 aromatic carbocycles. The van der Waals surface area contributed by atoms with Crippen LogP contribution < -0.4 is 10.6 Å². The summed E-state index contributed by atoms with van der Waals surface area (Å²) in [6.07, 6.45) is 3.58. The fourth-order valence-corrected chi connectivity index (χ4v) is 2.23. The molecule has 1 aromatic heterocycles. The van der Waals surface area contributed by atoms with Gasteiger partial charge in [-0.3, -0.25) is 4.98 Å². The van der Waals surface area contributed by atoms with E-state index in [4.69, 9.17) is 5.73 Å². The number of hydrogen-bond acceptors (Lipinski definition) is 3. The molecule has 0 saturated heterocycles. The topological polar surface area (TPSA) is 42.2 Å². The van der Waals surface area contributed by atoms with E-state index in [9.17, 15) is 4.39 Å². The van der Waals surface area contributed by atoms with Gasteiger partial charge in [-0.05, 0) is 48.7 Å². The van der Waals surface area contributed by atoms with Crippen molar-refractivity contribution < 1.29 is 4.39 Å². The first kappa shape index (κ1) is 14.5. The fraction of sp³-hybridized carbons (Fsp3) is 0.312. The molecule has 2 aromatic rings. The van der Waals surface area contributed by atoms with Crippen LogP contribution in [-0.4, -0.2) is 12.0 Å². The Kier molecular flexibility index (Phi) is 4.35. The molecule has 0 radical (unpaired) electrons. The van der Waals surface area contributed by atoms with E-state index >= 15 is 0 Å². The van der Waals surface area contributed by atoms with Gasteiger partial charge in [0, 0.05) is 37.7 Å². The molecule has 3 nitrogen and oxygen atoms in total. The molecule has 0 saturated carbocycles. The fourth-order valence-electron chi connectivity index (χ4n) is 2.23. The Morgan fingerprint density at radius 3 is 2.75 bits per heavy atom. The average molecular weight is 273 g/mol. The summed E-state index contributed by atoms with van der Waals surface area (Å²) >= 11 is 0. The molecule has 1 heterocycles. The Balaban J connectivity index is 2.33. The number of pyridine rings is 1. The van der Waals surface area contributed by atoms with Crippen molar-refractivity contribution >= 4 is 5.69 Å². The third-order valence-corrected chi connectivity index (χ3v) is 3.35. The summed E-state index contributed by atoms with van der Waals surface area (Å²) in [4.78, 5) is 6.18. The van der Waals surface area contributed by atoms with Crippen LogP contribution in [0.3, 0.4) is 0 Å². The highest BCUT2D eigenvalue weighted by Crippen LogP contribution is 2.28. The Bertz CT molecular complexity index is 582. The summed E-state index contributed by atoms with van der Waals surface area (Å²) in [5, 5.41) is 0. The number of aromatic nitrogens is 1. The monoisotopic (exact) mass is 273 g/mol. The van der Waals surface area contributed by atoms with Crippen LogP contribution in [0.1, 0.15) is 29.7 Å². The minimum absolute atomic E-state index is 0.212. The van der Waals surface area contributed by atoms with Crippen LogP contribution in [0.15, 0.2) is 36.7 Å². The van der Waals surface area contributed by atoms with Gasteiger partial charge in [0.1, 0.15) is 5.82 Å². The first-order valence-corrected chi connectivity index (χ1v) is 6.64. The van der Waals surface area contributed by atoms with E-state index in [1.54, 1.807) is 13.1 Å². The standard InChI is InChI=1S/C16H20FN3/c1-11-7-16(14(12(2)18)8-15(11)17)20(3)10-13-5-4-6-19-9-13/h4-9,12H,10,18H2,1-3H3. The van der Waals surface area contributed by atoms with E-state index in [1.807, 2.05) is 38.4 Å². The van der Waals surface area contributed by atoms with Crippen LogP contribution in [0.5, 0.6) is 0 Å². The van der Waals surface area contributed by atoms with Crippen LogP contribution in [-0.2, 0) is 6.54 Å². The van der Waals surface area contributed by atoms with E-state index < -0.39 is 0 Å². The molecule has 2 N–H and O–H groups in total. The van der Waals surface area contributed by atoms with Gasteiger partial charge in [0.2, 0.25) is 0 Å². The molecule has 2 rings (SSSR count).